The molecule has 1 aromatic rings. The highest BCUT2D eigenvalue weighted by Gasteiger charge is 2.26. The SMILES string of the molecule is Cc1c(O)cc2c(c1F)CCC(N1CCCC1)CC2. The van der Waals surface area contributed by atoms with E-state index in [2.05, 4.69) is 4.90 Å². The van der Waals surface area contributed by atoms with Crippen molar-refractivity contribution in [3.63, 3.8) is 0 Å². The number of nitrogens with zero attached hydrogens (tertiary/aromatic N) is 1. The number of rotatable bonds is 1. The molecule has 19 heavy (non-hydrogen) atoms. The lowest BCUT2D eigenvalue weighted by atomic mass is 9.99. The minimum absolute atomic E-state index is 0.107. The van der Waals surface area contributed by atoms with Gasteiger partial charge in [0.2, 0.25) is 0 Å². The fraction of sp³-hybridized carbons (Fsp3) is 0.625. The lowest BCUT2D eigenvalue weighted by Gasteiger charge is -2.25. The third kappa shape index (κ3) is 2.36. The Morgan fingerprint density at radius 3 is 2.63 bits per heavy atom. The number of benzene rings is 1. The van der Waals surface area contributed by atoms with Crippen molar-refractivity contribution in [2.24, 2.45) is 0 Å². The van der Waals surface area contributed by atoms with Gasteiger partial charge in [0, 0.05) is 11.6 Å². The maximum atomic E-state index is 14.3. The minimum atomic E-state index is -0.183. The third-order valence-electron chi connectivity index (χ3n) is 4.81. The molecule has 0 saturated carbocycles. The average Bonchev–Trinajstić information content (AvgIpc) is 2.85. The Labute approximate surface area is 114 Å². The van der Waals surface area contributed by atoms with E-state index < -0.39 is 0 Å². The molecule has 1 heterocycles. The molecule has 3 rings (SSSR count). The summed E-state index contributed by atoms with van der Waals surface area (Å²) in [6.45, 7) is 4.06. The molecule has 2 nitrogen and oxygen atoms in total. The predicted octanol–water partition coefficient (Wildman–Crippen LogP) is 3.18. The van der Waals surface area contributed by atoms with Crippen molar-refractivity contribution in [3.05, 3.63) is 28.6 Å². The van der Waals surface area contributed by atoms with Gasteiger partial charge in [-0.25, -0.2) is 4.39 Å². The molecular formula is C16H22FNO. The lowest BCUT2D eigenvalue weighted by molar-refractivity contribution is 0.222. The number of hydrogen-bond donors (Lipinski definition) is 1. The highest BCUT2D eigenvalue weighted by Crippen LogP contribution is 2.32. The van der Waals surface area contributed by atoms with Gasteiger partial charge in [0.15, 0.2) is 0 Å². The summed E-state index contributed by atoms with van der Waals surface area (Å²) in [5.41, 5.74) is 2.26. The van der Waals surface area contributed by atoms with E-state index in [9.17, 15) is 9.50 Å². The van der Waals surface area contributed by atoms with Crippen LogP contribution in [0.1, 0.15) is 42.4 Å². The number of phenols is 1. The van der Waals surface area contributed by atoms with Crippen LogP contribution >= 0.6 is 0 Å². The number of halogens is 1. The van der Waals surface area contributed by atoms with Crippen molar-refractivity contribution >= 4 is 0 Å². The van der Waals surface area contributed by atoms with E-state index in [1.54, 1.807) is 13.0 Å². The number of aromatic hydroxyl groups is 1. The van der Waals surface area contributed by atoms with E-state index in [0.717, 1.165) is 36.8 Å². The molecule has 0 spiro atoms. The van der Waals surface area contributed by atoms with Crippen LogP contribution in [-0.4, -0.2) is 29.1 Å². The second-order valence-corrected chi connectivity index (χ2v) is 5.95. The van der Waals surface area contributed by atoms with Crippen molar-refractivity contribution in [3.8, 4) is 5.75 Å². The van der Waals surface area contributed by atoms with Gasteiger partial charge in [-0.1, -0.05) is 0 Å². The molecule has 1 aliphatic carbocycles. The van der Waals surface area contributed by atoms with Gasteiger partial charge < -0.3 is 10.0 Å². The molecule has 0 aromatic heterocycles. The Kier molecular flexibility index (Phi) is 3.48. The first-order valence-electron chi connectivity index (χ1n) is 7.40. The largest absolute Gasteiger partial charge is 0.508 e. The number of phenolic OH excluding ortho intramolecular Hbond substituents is 1. The minimum Gasteiger partial charge on any atom is -0.508 e. The molecule has 0 bridgehead atoms. The predicted molar refractivity (Wildman–Crippen MR) is 74.0 cm³/mol. The van der Waals surface area contributed by atoms with E-state index >= 15 is 0 Å². The highest BCUT2D eigenvalue weighted by molar-refractivity contribution is 5.43. The Morgan fingerprint density at radius 1 is 1.21 bits per heavy atom. The van der Waals surface area contributed by atoms with E-state index in [1.807, 2.05) is 0 Å². The van der Waals surface area contributed by atoms with Crippen LogP contribution in [0.5, 0.6) is 5.75 Å². The molecule has 3 heteroatoms. The first-order valence-corrected chi connectivity index (χ1v) is 7.40. The Balaban J connectivity index is 1.83. The monoisotopic (exact) mass is 263 g/mol. The molecule has 1 saturated heterocycles. The fourth-order valence-electron chi connectivity index (χ4n) is 3.58. The van der Waals surface area contributed by atoms with Gasteiger partial charge in [-0.2, -0.15) is 0 Å². The average molecular weight is 263 g/mol. The van der Waals surface area contributed by atoms with E-state index in [4.69, 9.17) is 0 Å². The van der Waals surface area contributed by atoms with Crippen LogP contribution in [0.4, 0.5) is 4.39 Å². The van der Waals surface area contributed by atoms with Gasteiger partial charge in [-0.3, -0.25) is 0 Å². The van der Waals surface area contributed by atoms with Crippen molar-refractivity contribution < 1.29 is 9.50 Å². The maximum Gasteiger partial charge on any atom is 0.133 e. The van der Waals surface area contributed by atoms with Gasteiger partial charge in [-0.05, 0) is 75.7 Å². The zero-order valence-electron chi connectivity index (χ0n) is 11.6. The zero-order chi connectivity index (χ0) is 13.4. The molecule has 1 unspecified atom stereocenters. The molecule has 1 aliphatic heterocycles. The van der Waals surface area contributed by atoms with Gasteiger partial charge in [-0.15, -0.1) is 0 Å². The summed E-state index contributed by atoms with van der Waals surface area (Å²) in [6.07, 6.45) is 6.45. The van der Waals surface area contributed by atoms with Crippen LogP contribution in [0, 0.1) is 12.7 Å². The summed E-state index contributed by atoms with van der Waals surface area (Å²) in [7, 11) is 0. The summed E-state index contributed by atoms with van der Waals surface area (Å²) in [6, 6.07) is 2.37. The molecule has 0 radical (unpaired) electrons. The lowest BCUT2D eigenvalue weighted by Crippen LogP contribution is -2.32. The first kappa shape index (κ1) is 12.9. The van der Waals surface area contributed by atoms with Crippen molar-refractivity contribution in [1.29, 1.82) is 0 Å². The molecule has 0 amide bonds. The molecule has 1 N–H and O–H groups in total. The Morgan fingerprint density at radius 2 is 1.89 bits per heavy atom. The maximum absolute atomic E-state index is 14.3. The second-order valence-electron chi connectivity index (χ2n) is 5.95. The highest BCUT2D eigenvalue weighted by atomic mass is 19.1. The second kappa shape index (κ2) is 5.12. The van der Waals surface area contributed by atoms with Crippen molar-refractivity contribution in [2.45, 2.75) is 51.5 Å². The molecular weight excluding hydrogens is 241 g/mol. The van der Waals surface area contributed by atoms with Crippen LogP contribution < -0.4 is 0 Å². The summed E-state index contributed by atoms with van der Waals surface area (Å²) in [4.78, 5) is 2.57. The Bertz CT molecular complexity index is 480. The van der Waals surface area contributed by atoms with E-state index in [1.165, 1.54) is 25.9 Å². The molecule has 1 fully saturated rings. The Hall–Kier alpha value is -1.09. The summed E-state index contributed by atoms with van der Waals surface area (Å²) >= 11 is 0. The van der Waals surface area contributed by atoms with Crippen LogP contribution in [0.2, 0.25) is 0 Å². The molecule has 2 aliphatic rings. The number of fused-ring (bicyclic) bond motifs is 1. The van der Waals surface area contributed by atoms with Crippen LogP contribution in [0.3, 0.4) is 0 Å². The van der Waals surface area contributed by atoms with Gasteiger partial charge in [0.25, 0.3) is 0 Å². The summed E-state index contributed by atoms with van der Waals surface area (Å²) in [5.74, 6) is -0.0760. The van der Waals surface area contributed by atoms with Gasteiger partial charge >= 0.3 is 0 Å². The third-order valence-corrected chi connectivity index (χ3v) is 4.81. The van der Waals surface area contributed by atoms with Gasteiger partial charge in [0.1, 0.15) is 11.6 Å². The summed E-state index contributed by atoms with van der Waals surface area (Å²) < 4.78 is 14.3. The van der Waals surface area contributed by atoms with Crippen molar-refractivity contribution in [2.75, 3.05) is 13.1 Å². The molecule has 1 aromatic carbocycles. The van der Waals surface area contributed by atoms with Crippen LogP contribution in [0.15, 0.2) is 6.07 Å². The fourth-order valence-corrected chi connectivity index (χ4v) is 3.58. The van der Waals surface area contributed by atoms with Crippen LogP contribution in [-0.2, 0) is 12.8 Å². The summed E-state index contributed by atoms with van der Waals surface area (Å²) in [5, 5.41) is 9.77. The number of likely N-dealkylation sites (tertiary alicyclic amines) is 1. The smallest absolute Gasteiger partial charge is 0.133 e. The topological polar surface area (TPSA) is 23.5 Å². The molecule has 104 valence electrons. The van der Waals surface area contributed by atoms with E-state index in [-0.39, 0.29) is 11.6 Å². The first-order chi connectivity index (χ1) is 9.16. The van der Waals surface area contributed by atoms with Crippen LogP contribution in [0.25, 0.3) is 0 Å². The number of hydrogen-bond acceptors (Lipinski definition) is 2. The molecule has 1 atom stereocenters. The quantitative estimate of drug-likeness (QED) is 0.787. The van der Waals surface area contributed by atoms with Gasteiger partial charge in [0.05, 0.1) is 0 Å². The standard InChI is InChI=1S/C16H22FNO/c1-11-15(19)10-12-4-5-13(18-8-2-3-9-18)6-7-14(12)16(11)17/h10,13,19H,2-9H2,1H3. The number of aryl methyl sites for hydroxylation is 1. The normalized spacial score (nSPS) is 24.2. The van der Waals surface area contributed by atoms with E-state index in [0.29, 0.717) is 11.6 Å². The van der Waals surface area contributed by atoms with Crippen molar-refractivity contribution in [1.82, 2.24) is 4.90 Å². The zero-order valence-corrected chi connectivity index (χ0v) is 11.6.